The Hall–Kier alpha value is -2.38. The first-order chi connectivity index (χ1) is 13.3. The van der Waals surface area contributed by atoms with E-state index >= 15 is 0 Å². The molecule has 0 saturated carbocycles. The molecule has 0 amide bonds. The zero-order valence-corrected chi connectivity index (χ0v) is 15.8. The number of nitrogens with one attached hydrogen (secondary N) is 2. The van der Waals surface area contributed by atoms with Crippen LogP contribution in [0.3, 0.4) is 0 Å². The lowest BCUT2D eigenvalue weighted by molar-refractivity contribution is 0.1000. The van der Waals surface area contributed by atoms with E-state index in [2.05, 4.69) is 20.3 Å². The van der Waals surface area contributed by atoms with Crippen LogP contribution < -0.4 is 10.9 Å². The summed E-state index contributed by atoms with van der Waals surface area (Å²) in [5.74, 6) is 1.44. The van der Waals surface area contributed by atoms with E-state index in [4.69, 9.17) is 4.74 Å². The molecule has 1 aliphatic heterocycles. The molecule has 0 atom stereocenters. The lowest BCUT2D eigenvalue weighted by Gasteiger charge is -2.21. The molecule has 0 radical (unpaired) electrons. The topological polar surface area (TPSA) is 79.9 Å². The van der Waals surface area contributed by atoms with Crippen molar-refractivity contribution in [2.45, 2.75) is 30.4 Å². The standard InChI is InChI=1S/C20H22N4O2S/c25-20-17-5-4-14(22-12-15-3-1-2-8-21-15)11-18(17)23-19(24-20)13-27-16-6-9-26-10-7-16/h1-5,8,11,16,22H,6-7,9-10,12-13H2,(H,23,24,25). The van der Waals surface area contributed by atoms with Gasteiger partial charge in [0.2, 0.25) is 0 Å². The molecule has 0 bridgehead atoms. The van der Waals surface area contributed by atoms with Crippen LogP contribution in [0.5, 0.6) is 0 Å². The molecule has 2 N–H and O–H groups in total. The van der Waals surface area contributed by atoms with Crippen molar-refractivity contribution in [3.63, 3.8) is 0 Å². The SMILES string of the molecule is O=c1[nH]c(CSC2CCOCC2)nc2cc(NCc3ccccn3)ccc12. The van der Waals surface area contributed by atoms with E-state index in [9.17, 15) is 4.79 Å². The van der Waals surface area contributed by atoms with E-state index in [-0.39, 0.29) is 5.56 Å². The normalized spacial score (nSPS) is 15.1. The Morgan fingerprint density at radius 3 is 2.93 bits per heavy atom. The molecule has 2 aromatic heterocycles. The Morgan fingerprint density at radius 1 is 1.22 bits per heavy atom. The lowest BCUT2D eigenvalue weighted by atomic mass is 10.2. The summed E-state index contributed by atoms with van der Waals surface area (Å²) >= 11 is 1.84. The Morgan fingerprint density at radius 2 is 2.11 bits per heavy atom. The van der Waals surface area contributed by atoms with Gasteiger partial charge in [-0.3, -0.25) is 9.78 Å². The second-order valence-corrected chi connectivity index (χ2v) is 7.83. The summed E-state index contributed by atoms with van der Waals surface area (Å²) in [6.07, 6.45) is 3.90. The summed E-state index contributed by atoms with van der Waals surface area (Å²) < 4.78 is 5.40. The van der Waals surface area contributed by atoms with Crippen LogP contribution in [-0.2, 0) is 17.0 Å². The molecular formula is C20H22N4O2S. The van der Waals surface area contributed by atoms with Crippen molar-refractivity contribution in [1.82, 2.24) is 15.0 Å². The van der Waals surface area contributed by atoms with Crippen molar-refractivity contribution in [2.24, 2.45) is 0 Å². The highest BCUT2D eigenvalue weighted by Crippen LogP contribution is 2.25. The van der Waals surface area contributed by atoms with Gasteiger partial charge in [-0.25, -0.2) is 4.98 Å². The Kier molecular flexibility index (Phi) is 5.69. The van der Waals surface area contributed by atoms with Gasteiger partial charge in [0.05, 0.1) is 28.9 Å². The van der Waals surface area contributed by atoms with Gasteiger partial charge in [0.25, 0.3) is 5.56 Å². The summed E-state index contributed by atoms with van der Waals surface area (Å²) in [4.78, 5) is 24.3. The zero-order chi connectivity index (χ0) is 18.5. The quantitative estimate of drug-likeness (QED) is 0.681. The smallest absolute Gasteiger partial charge is 0.258 e. The molecule has 7 heteroatoms. The molecule has 0 unspecified atom stereocenters. The highest BCUT2D eigenvalue weighted by atomic mass is 32.2. The molecule has 140 valence electrons. The minimum absolute atomic E-state index is 0.0844. The van der Waals surface area contributed by atoms with E-state index < -0.39 is 0 Å². The van der Waals surface area contributed by atoms with E-state index in [0.717, 1.165) is 43.3 Å². The largest absolute Gasteiger partial charge is 0.381 e. The number of H-pyrrole nitrogens is 1. The number of rotatable bonds is 6. The third kappa shape index (κ3) is 4.67. The van der Waals surface area contributed by atoms with Crippen LogP contribution in [0.15, 0.2) is 47.4 Å². The van der Waals surface area contributed by atoms with E-state index in [0.29, 0.717) is 28.5 Å². The van der Waals surface area contributed by atoms with Gasteiger partial charge in [0.15, 0.2) is 0 Å². The Labute approximate surface area is 161 Å². The minimum Gasteiger partial charge on any atom is -0.381 e. The molecule has 4 rings (SSSR count). The third-order valence-corrected chi connectivity index (χ3v) is 5.96. The van der Waals surface area contributed by atoms with Crippen LogP contribution in [0.1, 0.15) is 24.4 Å². The van der Waals surface area contributed by atoms with Crippen LogP contribution in [0.25, 0.3) is 10.9 Å². The first-order valence-electron chi connectivity index (χ1n) is 9.14. The van der Waals surface area contributed by atoms with Crippen LogP contribution >= 0.6 is 11.8 Å². The fraction of sp³-hybridized carbons (Fsp3) is 0.350. The first kappa shape index (κ1) is 18.0. The summed E-state index contributed by atoms with van der Waals surface area (Å²) in [7, 11) is 0. The van der Waals surface area contributed by atoms with Crippen molar-refractivity contribution in [3.05, 3.63) is 64.5 Å². The molecule has 1 fully saturated rings. The molecular weight excluding hydrogens is 360 g/mol. The molecule has 3 aromatic rings. The molecule has 1 saturated heterocycles. The molecule has 0 aliphatic carbocycles. The van der Waals surface area contributed by atoms with Gasteiger partial charge in [-0.1, -0.05) is 6.07 Å². The average Bonchev–Trinajstić information content (AvgIpc) is 2.72. The number of hydrogen-bond acceptors (Lipinski definition) is 6. The number of aromatic amines is 1. The average molecular weight is 382 g/mol. The van der Waals surface area contributed by atoms with Gasteiger partial charge in [0.1, 0.15) is 5.82 Å². The van der Waals surface area contributed by atoms with Gasteiger partial charge < -0.3 is 15.0 Å². The van der Waals surface area contributed by atoms with Crippen molar-refractivity contribution < 1.29 is 4.74 Å². The van der Waals surface area contributed by atoms with Crippen LogP contribution in [0.2, 0.25) is 0 Å². The summed E-state index contributed by atoms with van der Waals surface area (Å²) in [5.41, 5.74) is 2.52. The van der Waals surface area contributed by atoms with Gasteiger partial charge >= 0.3 is 0 Å². The van der Waals surface area contributed by atoms with Crippen LogP contribution in [-0.4, -0.2) is 33.4 Å². The number of hydrogen-bond donors (Lipinski definition) is 2. The molecule has 6 nitrogen and oxygen atoms in total. The van der Waals surface area contributed by atoms with E-state index in [1.54, 1.807) is 6.20 Å². The highest BCUT2D eigenvalue weighted by molar-refractivity contribution is 7.99. The predicted octanol–water partition coefficient (Wildman–Crippen LogP) is 3.34. The third-order valence-electron chi connectivity index (χ3n) is 4.58. The number of pyridine rings is 1. The second-order valence-electron chi connectivity index (χ2n) is 6.54. The Bertz CT molecular complexity index is 955. The van der Waals surface area contributed by atoms with Crippen LogP contribution in [0.4, 0.5) is 5.69 Å². The van der Waals surface area contributed by atoms with Crippen molar-refractivity contribution >= 4 is 28.4 Å². The number of thioether (sulfide) groups is 1. The van der Waals surface area contributed by atoms with Gasteiger partial charge in [-0.2, -0.15) is 11.8 Å². The maximum absolute atomic E-state index is 12.4. The van der Waals surface area contributed by atoms with Crippen LogP contribution in [0, 0.1) is 0 Å². The molecule has 0 spiro atoms. The number of fused-ring (bicyclic) bond motifs is 1. The molecule has 3 heterocycles. The Balaban J connectivity index is 1.48. The van der Waals surface area contributed by atoms with E-state index in [1.165, 1.54) is 0 Å². The number of anilines is 1. The van der Waals surface area contributed by atoms with Gasteiger partial charge in [-0.15, -0.1) is 0 Å². The molecule has 1 aliphatic rings. The number of aromatic nitrogens is 3. The summed E-state index contributed by atoms with van der Waals surface area (Å²) in [6.45, 7) is 2.28. The maximum Gasteiger partial charge on any atom is 0.258 e. The summed E-state index contributed by atoms with van der Waals surface area (Å²) in [6, 6.07) is 11.5. The minimum atomic E-state index is -0.0844. The zero-order valence-electron chi connectivity index (χ0n) is 15.0. The van der Waals surface area contributed by atoms with Gasteiger partial charge in [0, 0.05) is 30.3 Å². The number of nitrogens with zero attached hydrogens (tertiary/aromatic N) is 2. The molecule has 1 aromatic carbocycles. The van der Waals surface area contributed by atoms with Crippen molar-refractivity contribution in [2.75, 3.05) is 18.5 Å². The summed E-state index contributed by atoms with van der Waals surface area (Å²) in [5, 5.41) is 4.53. The molecule has 27 heavy (non-hydrogen) atoms. The fourth-order valence-corrected chi connectivity index (χ4v) is 4.16. The second kappa shape index (κ2) is 8.54. The maximum atomic E-state index is 12.4. The van der Waals surface area contributed by atoms with Crippen molar-refractivity contribution in [1.29, 1.82) is 0 Å². The predicted molar refractivity (Wildman–Crippen MR) is 109 cm³/mol. The monoisotopic (exact) mass is 382 g/mol. The van der Waals surface area contributed by atoms with E-state index in [1.807, 2.05) is 48.2 Å². The lowest BCUT2D eigenvalue weighted by Crippen LogP contribution is -2.18. The number of benzene rings is 1. The van der Waals surface area contributed by atoms with Crippen molar-refractivity contribution in [3.8, 4) is 0 Å². The first-order valence-corrected chi connectivity index (χ1v) is 10.2. The van der Waals surface area contributed by atoms with Gasteiger partial charge in [-0.05, 0) is 43.2 Å². The highest BCUT2D eigenvalue weighted by Gasteiger charge is 2.15. The fourth-order valence-electron chi connectivity index (χ4n) is 3.10. The number of ether oxygens (including phenoxy) is 1.